The molecule has 0 saturated carbocycles. The van der Waals surface area contributed by atoms with Crippen LogP contribution in [0.3, 0.4) is 0 Å². The van der Waals surface area contributed by atoms with Crippen LogP contribution in [0.5, 0.6) is 0 Å². The van der Waals surface area contributed by atoms with Crippen molar-refractivity contribution in [1.29, 1.82) is 0 Å². The van der Waals surface area contributed by atoms with Crippen LogP contribution in [0.4, 0.5) is 5.69 Å². The second-order valence-corrected chi connectivity index (χ2v) is 7.11. The first-order chi connectivity index (χ1) is 13.9. The van der Waals surface area contributed by atoms with E-state index < -0.39 is 40.1 Å². The minimum absolute atomic E-state index is 0.0175. The van der Waals surface area contributed by atoms with Gasteiger partial charge in [-0.2, -0.15) is 0 Å². The Labute approximate surface area is 165 Å². The van der Waals surface area contributed by atoms with E-state index in [0.29, 0.717) is 5.56 Å². The molecule has 1 fully saturated rings. The third-order valence-corrected chi connectivity index (χ3v) is 5.58. The predicted molar refractivity (Wildman–Crippen MR) is 101 cm³/mol. The van der Waals surface area contributed by atoms with Crippen molar-refractivity contribution >= 4 is 23.5 Å². The van der Waals surface area contributed by atoms with Crippen molar-refractivity contribution in [2.45, 2.75) is 12.0 Å². The van der Waals surface area contributed by atoms with Crippen LogP contribution >= 0.6 is 0 Å². The molecule has 1 heterocycles. The molecule has 2 aromatic rings. The topological polar surface area (TPSA) is 118 Å². The molecule has 8 nitrogen and oxygen atoms in total. The number of hydrogen-bond donors (Lipinski definition) is 1. The van der Waals surface area contributed by atoms with Crippen molar-refractivity contribution in [3.8, 4) is 0 Å². The number of benzene rings is 2. The second-order valence-electron chi connectivity index (χ2n) is 7.11. The highest BCUT2D eigenvalue weighted by atomic mass is 16.6. The van der Waals surface area contributed by atoms with Crippen molar-refractivity contribution in [2.75, 3.05) is 0 Å². The highest BCUT2D eigenvalue weighted by molar-refractivity contribution is 6.12. The monoisotopic (exact) mass is 392 g/mol. The number of nitrogens with zero attached hydrogens (tertiary/aromatic N) is 2. The minimum Gasteiger partial charge on any atom is -0.479 e. The Hall–Kier alpha value is -3.81. The van der Waals surface area contributed by atoms with E-state index in [4.69, 9.17) is 0 Å². The van der Waals surface area contributed by atoms with E-state index in [2.05, 4.69) is 0 Å². The maximum Gasteiger partial charge on any atom is 0.331 e. The number of fused-ring (bicyclic) bond motifs is 1. The summed E-state index contributed by atoms with van der Waals surface area (Å²) in [5.74, 6) is -3.91. The second kappa shape index (κ2) is 6.66. The van der Waals surface area contributed by atoms with Crippen LogP contribution < -0.4 is 0 Å². The smallest absolute Gasteiger partial charge is 0.331 e. The van der Waals surface area contributed by atoms with Crippen LogP contribution in [-0.2, 0) is 16.0 Å². The molecule has 0 spiro atoms. The fraction of sp³-hybridized carbons (Fsp3) is 0.190. The summed E-state index contributed by atoms with van der Waals surface area (Å²) in [6, 6.07) is 13.6. The van der Waals surface area contributed by atoms with Gasteiger partial charge in [-0.1, -0.05) is 42.5 Å². The molecular weight excluding hydrogens is 376 g/mol. The lowest BCUT2D eigenvalue weighted by Crippen LogP contribution is -2.59. The van der Waals surface area contributed by atoms with E-state index in [1.54, 1.807) is 42.5 Å². The minimum atomic E-state index is -1.75. The average Bonchev–Trinajstić information content (AvgIpc) is 2.84. The fourth-order valence-corrected chi connectivity index (χ4v) is 4.07. The third-order valence-electron chi connectivity index (χ3n) is 5.58. The summed E-state index contributed by atoms with van der Waals surface area (Å²) in [5.41, 5.74) is -1.25. The van der Waals surface area contributed by atoms with E-state index in [9.17, 15) is 29.6 Å². The van der Waals surface area contributed by atoms with Crippen LogP contribution in [-0.4, -0.2) is 38.3 Å². The highest BCUT2D eigenvalue weighted by Gasteiger charge is 2.66. The molecular formula is C21H16N2O6. The van der Waals surface area contributed by atoms with Crippen LogP contribution in [0.2, 0.25) is 0 Å². The summed E-state index contributed by atoms with van der Waals surface area (Å²) in [5, 5.41) is 21.0. The molecule has 0 aromatic heterocycles. The Bertz CT molecular complexity index is 1050. The lowest BCUT2D eigenvalue weighted by molar-refractivity contribution is -0.384. The van der Waals surface area contributed by atoms with E-state index in [0.717, 1.165) is 17.0 Å². The Morgan fingerprint density at radius 2 is 1.72 bits per heavy atom. The van der Waals surface area contributed by atoms with Gasteiger partial charge in [-0.25, -0.2) is 4.79 Å². The first-order valence-corrected chi connectivity index (χ1v) is 8.95. The number of likely N-dealkylation sites (tertiary alicyclic amines) is 1. The molecule has 0 unspecified atom stereocenters. The van der Waals surface area contributed by atoms with E-state index in [1.807, 2.05) is 0 Å². The predicted octanol–water partition coefficient (Wildman–Crippen LogP) is 2.45. The van der Waals surface area contributed by atoms with Gasteiger partial charge in [0.1, 0.15) is 0 Å². The van der Waals surface area contributed by atoms with Gasteiger partial charge in [-0.05, 0) is 17.7 Å². The first-order valence-electron chi connectivity index (χ1n) is 8.95. The van der Waals surface area contributed by atoms with Crippen molar-refractivity contribution in [1.82, 2.24) is 4.90 Å². The maximum absolute atomic E-state index is 13.2. The Morgan fingerprint density at radius 1 is 1.07 bits per heavy atom. The van der Waals surface area contributed by atoms with Crippen molar-refractivity contribution in [3.05, 3.63) is 88.0 Å². The number of carbonyl (C=O) groups excluding carboxylic acids is 2. The van der Waals surface area contributed by atoms with Gasteiger partial charge in [-0.15, -0.1) is 0 Å². The Kier molecular flexibility index (Phi) is 4.26. The first kappa shape index (κ1) is 18.5. The Balaban J connectivity index is 1.78. The summed E-state index contributed by atoms with van der Waals surface area (Å²) in [6.45, 7) is 0. The zero-order chi connectivity index (χ0) is 20.8. The van der Waals surface area contributed by atoms with Crippen molar-refractivity contribution < 1.29 is 24.4 Å². The molecule has 3 atom stereocenters. The van der Waals surface area contributed by atoms with Crippen molar-refractivity contribution in [2.24, 2.45) is 11.8 Å². The fourth-order valence-electron chi connectivity index (χ4n) is 4.07. The normalized spacial score (nSPS) is 24.7. The maximum atomic E-state index is 13.2. The number of amides is 2. The highest BCUT2D eigenvalue weighted by Crippen LogP contribution is 2.49. The van der Waals surface area contributed by atoms with Gasteiger partial charge < -0.3 is 5.11 Å². The molecule has 1 saturated heterocycles. The summed E-state index contributed by atoms with van der Waals surface area (Å²) >= 11 is 0. The molecule has 0 bridgehead atoms. The zero-order valence-corrected chi connectivity index (χ0v) is 15.1. The van der Waals surface area contributed by atoms with Gasteiger partial charge in [0, 0.05) is 30.0 Å². The number of imide groups is 1. The summed E-state index contributed by atoms with van der Waals surface area (Å²) in [7, 11) is 0. The molecule has 1 aliphatic carbocycles. The number of carboxylic acid groups (broad SMARTS) is 1. The summed E-state index contributed by atoms with van der Waals surface area (Å²) in [4.78, 5) is 49.7. The van der Waals surface area contributed by atoms with Crippen molar-refractivity contribution in [3.63, 3.8) is 0 Å². The summed E-state index contributed by atoms with van der Waals surface area (Å²) < 4.78 is 0. The number of carboxylic acids is 1. The van der Waals surface area contributed by atoms with Crippen LogP contribution in [0, 0.1) is 22.0 Å². The third kappa shape index (κ3) is 2.72. The van der Waals surface area contributed by atoms with Gasteiger partial charge >= 0.3 is 5.97 Å². The number of nitro groups is 1. The van der Waals surface area contributed by atoms with Crippen LogP contribution in [0.25, 0.3) is 0 Å². The average molecular weight is 392 g/mol. The van der Waals surface area contributed by atoms with Gasteiger partial charge in [0.15, 0.2) is 5.54 Å². The number of aliphatic carboxylic acids is 1. The van der Waals surface area contributed by atoms with Crippen LogP contribution in [0.15, 0.2) is 66.7 Å². The van der Waals surface area contributed by atoms with E-state index >= 15 is 0 Å². The SMILES string of the molecule is O=C(c1ccc([N+](=O)[O-])cc1)N1C(=O)[C@H]2C=C[C@H]2[C@@]1(Cc1ccccc1)C(=O)O. The molecule has 1 aliphatic heterocycles. The van der Waals surface area contributed by atoms with Crippen LogP contribution in [0.1, 0.15) is 15.9 Å². The largest absolute Gasteiger partial charge is 0.479 e. The van der Waals surface area contributed by atoms with Gasteiger partial charge in [0.2, 0.25) is 5.91 Å². The Morgan fingerprint density at radius 3 is 2.24 bits per heavy atom. The van der Waals surface area contributed by atoms with Gasteiger partial charge in [-0.3, -0.25) is 24.6 Å². The van der Waals surface area contributed by atoms with E-state index in [1.165, 1.54) is 12.1 Å². The molecule has 4 rings (SSSR count). The molecule has 2 amide bonds. The molecule has 29 heavy (non-hydrogen) atoms. The quantitative estimate of drug-likeness (QED) is 0.361. The number of nitro benzene ring substituents is 1. The molecule has 2 aromatic carbocycles. The van der Waals surface area contributed by atoms with Gasteiger partial charge in [0.05, 0.1) is 10.8 Å². The molecule has 0 radical (unpaired) electrons. The molecule has 1 N–H and O–H groups in total. The molecule has 8 heteroatoms. The van der Waals surface area contributed by atoms with E-state index in [-0.39, 0.29) is 17.7 Å². The molecule has 146 valence electrons. The number of non-ortho nitro benzene ring substituents is 1. The zero-order valence-electron chi connectivity index (χ0n) is 15.1. The van der Waals surface area contributed by atoms with Gasteiger partial charge in [0.25, 0.3) is 11.6 Å². The number of rotatable bonds is 5. The number of carbonyl (C=O) groups is 3. The summed E-state index contributed by atoms with van der Waals surface area (Å²) in [6.07, 6.45) is 3.24. The number of hydrogen-bond acceptors (Lipinski definition) is 5. The molecule has 2 aliphatic rings. The lowest BCUT2D eigenvalue weighted by Gasteiger charge is -2.38. The standard InChI is InChI=1S/C21H16N2O6/c24-18(14-6-8-15(9-7-14)23(28)29)22-19(25)16-10-11-17(16)21(22,20(26)27)12-13-4-2-1-3-5-13/h1-11,16-17H,12H2,(H,26,27)/t16-,17+,21-/m0/s1. The lowest BCUT2D eigenvalue weighted by atomic mass is 9.70.